The molecule has 0 radical (unpaired) electrons. The number of carbonyl (C=O) groups is 1. The van der Waals surface area contributed by atoms with Crippen molar-refractivity contribution in [3.05, 3.63) is 30.3 Å². The van der Waals surface area contributed by atoms with Gasteiger partial charge in [0.1, 0.15) is 0 Å². The molecule has 156 valence electrons. The maximum Gasteiger partial charge on any atom is 0.237 e. The molecule has 8 nitrogen and oxygen atoms in total. The molecule has 1 aromatic heterocycles. The zero-order chi connectivity index (χ0) is 20.2. The Bertz CT molecular complexity index is 792. The summed E-state index contributed by atoms with van der Waals surface area (Å²) in [6.45, 7) is 5.99. The van der Waals surface area contributed by atoms with E-state index in [1.807, 2.05) is 37.3 Å². The second-order valence-corrected chi connectivity index (χ2v) is 8.33. The van der Waals surface area contributed by atoms with Crippen LogP contribution in [0.25, 0.3) is 11.4 Å². The molecule has 2 aromatic rings. The van der Waals surface area contributed by atoms with Gasteiger partial charge in [0.05, 0.1) is 12.1 Å². The van der Waals surface area contributed by atoms with E-state index < -0.39 is 0 Å². The number of rotatable bonds is 5. The molecule has 1 atom stereocenters. The third-order valence-corrected chi connectivity index (χ3v) is 6.29. The van der Waals surface area contributed by atoms with Crippen molar-refractivity contribution in [1.82, 2.24) is 35.3 Å². The fourth-order valence-corrected chi connectivity index (χ4v) is 4.23. The number of amides is 1. The maximum absolute atomic E-state index is 12.7. The van der Waals surface area contributed by atoms with Gasteiger partial charge >= 0.3 is 0 Å². The van der Waals surface area contributed by atoms with Crippen LogP contribution in [0, 0.1) is 0 Å². The summed E-state index contributed by atoms with van der Waals surface area (Å²) in [6.07, 6.45) is 3.82. The fourth-order valence-electron chi connectivity index (χ4n) is 4.23. The molecule has 0 spiro atoms. The number of carbonyl (C=O) groups excluding carboxylic acids is 1. The average molecular weight is 398 g/mol. The van der Waals surface area contributed by atoms with Gasteiger partial charge in [-0.3, -0.25) is 9.69 Å². The molecular formula is C21H31N7O. The van der Waals surface area contributed by atoms with Crippen molar-refractivity contribution in [2.24, 2.45) is 0 Å². The van der Waals surface area contributed by atoms with Crippen LogP contribution in [0.2, 0.25) is 0 Å². The first-order valence-corrected chi connectivity index (χ1v) is 10.7. The lowest BCUT2D eigenvalue weighted by atomic mass is 9.91. The van der Waals surface area contributed by atoms with Gasteiger partial charge in [-0.15, -0.1) is 10.2 Å². The number of aromatic nitrogens is 4. The molecule has 1 aromatic carbocycles. The van der Waals surface area contributed by atoms with E-state index in [0.717, 1.165) is 57.4 Å². The van der Waals surface area contributed by atoms with Gasteiger partial charge < -0.3 is 10.2 Å². The van der Waals surface area contributed by atoms with Crippen LogP contribution < -0.4 is 5.32 Å². The van der Waals surface area contributed by atoms with Crippen molar-refractivity contribution in [3.63, 3.8) is 0 Å². The highest BCUT2D eigenvalue weighted by molar-refractivity contribution is 5.81. The third-order valence-electron chi connectivity index (χ3n) is 6.29. The van der Waals surface area contributed by atoms with Crippen molar-refractivity contribution < 1.29 is 4.79 Å². The Balaban J connectivity index is 1.26. The smallest absolute Gasteiger partial charge is 0.237 e. The van der Waals surface area contributed by atoms with Gasteiger partial charge in [0.2, 0.25) is 11.7 Å². The van der Waals surface area contributed by atoms with E-state index in [1.165, 1.54) is 0 Å². The minimum atomic E-state index is -0.0631. The summed E-state index contributed by atoms with van der Waals surface area (Å²) in [5.74, 6) is 0.824. The van der Waals surface area contributed by atoms with E-state index in [2.05, 4.69) is 37.6 Å². The Morgan fingerprint density at radius 3 is 2.45 bits per heavy atom. The van der Waals surface area contributed by atoms with Crippen LogP contribution in [0.1, 0.15) is 38.6 Å². The Hall–Kier alpha value is -2.32. The normalized spacial score (nSPS) is 24.9. The van der Waals surface area contributed by atoms with Crippen LogP contribution in [0.3, 0.4) is 0 Å². The lowest BCUT2D eigenvalue weighted by molar-refractivity contribution is -0.127. The van der Waals surface area contributed by atoms with Crippen molar-refractivity contribution in [1.29, 1.82) is 0 Å². The topological polar surface area (TPSA) is 79.2 Å². The van der Waals surface area contributed by atoms with Gasteiger partial charge in [-0.05, 0) is 44.9 Å². The number of nitrogens with one attached hydrogen (secondary N) is 1. The van der Waals surface area contributed by atoms with Gasteiger partial charge in [-0.25, -0.2) is 0 Å². The zero-order valence-corrected chi connectivity index (χ0v) is 17.4. The van der Waals surface area contributed by atoms with Crippen LogP contribution >= 0.6 is 0 Å². The van der Waals surface area contributed by atoms with Crippen LogP contribution in [0.4, 0.5) is 0 Å². The molecule has 2 aliphatic rings. The maximum atomic E-state index is 12.7. The second kappa shape index (κ2) is 9.00. The molecule has 1 unspecified atom stereocenters. The number of hydrogen-bond acceptors (Lipinski definition) is 6. The van der Waals surface area contributed by atoms with Gasteiger partial charge in [-0.1, -0.05) is 30.3 Å². The SMILES string of the molecule is CC(C(=O)NC1CCC(n2nnc(-c3ccccc3)n2)CC1)N1CCN(C)CC1. The molecule has 2 fully saturated rings. The van der Waals surface area contributed by atoms with E-state index in [9.17, 15) is 4.79 Å². The van der Waals surface area contributed by atoms with E-state index in [1.54, 1.807) is 4.80 Å². The van der Waals surface area contributed by atoms with Gasteiger partial charge in [0, 0.05) is 37.8 Å². The number of piperazine rings is 1. The summed E-state index contributed by atoms with van der Waals surface area (Å²) in [6, 6.07) is 10.4. The standard InChI is InChI=1S/C21H31N7O/c1-16(27-14-12-26(2)13-15-27)21(29)22-18-8-10-19(11-9-18)28-24-20(23-25-28)17-6-4-3-5-7-17/h3-7,16,18-19H,8-15H2,1-2H3,(H,22,29). The van der Waals surface area contributed by atoms with Crippen LogP contribution in [-0.4, -0.2) is 81.2 Å². The van der Waals surface area contributed by atoms with E-state index in [0.29, 0.717) is 5.82 Å². The summed E-state index contributed by atoms with van der Waals surface area (Å²) in [5, 5.41) is 16.3. The summed E-state index contributed by atoms with van der Waals surface area (Å²) >= 11 is 0. The molecule has 1 saturated carbocycles. The predicted octanol–water partition coefficient (Wildman–Crippen LogP) is 1.58. The number of likely N-dealkylation sites (N-methyl/N-ethyl adjacent to an activating group) is 1. The van der Waals surface area contributed by atoms with Crippen LogP contribution in [0.5, 0.6) is 0 Å². The first-order chi connectivity index (χ1) is 14.1. The molecule has 8 heteroatoms. The molecular weight excluding hydrogens is 366 g/mol. The van der Waals surface area contributed by atoms with Crippen molar-refractivity contribution in [3.8, 4) is 11.4 Å². The first-order valence-electron chi connectivity index (χ1n) is 10.7. The Kier molecular flexibility index (Phi) is 6.20. The van der Waals surface area contributed by atoms with E-state index >= 15 is 0 Å². The highest BCUT2D eigenvalue weighted by atomic mass is 16.2. The van der Waals surface area contributed by atoms with E-state index in [4.69, 9.17) is 0 Å². The summed E-state index contributed by atoms with van der Waals surface area (Å²) in [5.41, 5.74) is 0.984. The lowest BCUT2D eigenvalue weighted by Gasteiger charge is -2.36. The Morgan fingerprint density at radius 1 is 1.07 bits per heavy atom. The number of tetrazole rings is 1. The fraction of sp³-hybridized carbons (Fsp3) is 0.619. The Labute approximate surface area is 172 Å². The summed E-state index contributed by atoms with van der Waals surface area (Å²) in [4.78, 5) is 19.0. The molecule has 2 heterocycles. The molecule has 1 aliphatic carbocycles. The Morgan fingerprint density at radius 2 is 1.76 bits per heavy atom. The number of benzene rings is 1. The monoisotopic (exact) mass is 397 g/mol. The minimum Gasteiger partial charge on any atom is -0.352 e. The summed E-state index contributed by atoms with van der Waals surface area (Å²) < 4.78 is 0. The molecule has 1 N–H and O–H groups in total. The first kappa shape index (κ1) is 20.0. The quantitative estimate of drug-likeness (QED) is 0.825. The second-order valence-electron chi connectivity index (χ2n) is 8.33. The molecule has 4 rings (SSSR count). The van der Waals surface area contributed by atoms with Gasteiger partial charge in [0.15, 0.2) is 0 Å². The van der Waals surface area contributed by atoms with Gasteiger partial charge in [0.25, 0.3) is 0 Å². The third kappa shape index (κ3) is 4.82. The predicted molar refractivity (Wildman–Crippen MR) is 111 cm³/mol. The molecule has 1 amide bonds. The number of hydrogen-bond donors (Lipinski definition) is 1. The minimum absolute atomic E-state index is 0.0631. The van der Waals surface area contributed by atoms with E-state index in [-0.39, 0.29) is 24.0 Å². The molecule has 1 aliphatic heterocycles. The highest BCUT2D eigenvalue weighted by Crippen LogP contribution is 2.28. The number of nitrogens with zero attached hydrogens (tertiary/aromatic N) is 6. The van der Waals surface area contributed by atoms with Crippen LogP contribution in [0.15, 0.2) is 30.3 Å². The molecule has 29 heavy (non-hydrogen) atoms. The average Bonchev–Trinajstić information content (AvgIpc) is 3.25. The molecule has 1 saturated heterocycles. The van der Waals surface area contributed by atoms with Crippen molar-refractivity contribution in [2.75, 3.05) is 33.2 Å². The largest absolute Gasteiger partial charge is 0.352 e. The zero-order valence-electron chi connectivity index (χ0n) is 17.4. The summed E-state index contributed by atoms with van der Waals surface area (Å²) in [7, 11) is 2.13. The van der Waals surface area contributed by atoms with Gasteiger partial charge in [-0.2, -0.15) is 4.80 Å². The highest BCUT2D eigenvalue weighted by Gasteiger charge is 2.29. The van der Waals surface area contributed by atoms with Crippen molar-refractivity contribution >= 4 is 5.91 Å². The lowest BCUT2D eigenvalue weighted by Crippen LogP contribution is -2.54. The van der Waals surface area contributed by atoms with Crippen molar-refractivity contribution in [2.45, 2.75) is 50.7 Å². The van der Waals surface area contributed by atoms with Crippen LogP contribution in [-0.2, 0) is 4.79 Å². The molecule has 0 bridgehead atoms.